The highest BCUT2D eigenvalue weighted by atomic mass is 32.2. The summed E-state index contributed by atoms with van der Waals surface area (Å²) in [5.41, 5.74) is 0. The van der Waals surface area contributed by atoms with Gasteiger partial charge in [-0.05, 0) is 25.0 Å². The van der Waals surface area contributed by atoms with E-state index >= 15 is 0 Å². The molecule has 0 radical (unpaired) electrons. The van der Waals surface area contributed by atoms with Crippen LogP contribution in [0.3, 0.4) is 0 Å². The van der Waals surface area contributed by atoms with Gasteiger partial charge < -0.3 is 4.42 Å². The van der Waals surface area contributed by atoms with Crippen LogP contribution in [0.25, 0.3) is 0 Å². The molecule has 3 rings (SSSR count). The van der Waals surface area contributed by atoms with Gasteiger partial charge in [-0.1, -0.05) is 17.8 Å². The van der Waals surface area contributed by atoms with E-state index < -0.39 is 15.9 Å². The van der Waals surface area contributed by atoms with Crippen LogP contribution in [0, 0.1) is 0 Å². The number of amides is 1. The predicted molar refractivity (Wildman–Crippen MR) is 79.2 cm³/mol. The number of furan rings is 1. The highest BCUT2D eigenvalue weighted by Crippen LogP contribution is 2.25. The molecule has 0 aromatic carbocycles. The van der Waals surface area contributed by atoms with Crippen LogP contribution in [0.15, 0.2) is 27.2 Å². The van der Waals surface area contributed by atoms with Gasteiger partial charge in [0.1, 0.15) is 0 Å². The Hall–Kier alpha value is -1.78. The summed E-state index contributed by atoms with van der Waals surface area (Å²) in [6, 6.07) is 3.09. The zero-order valence-corrected chi connectivity index (χ0v) is 13.2. The average molecular weight is 342 g/mol. The van der Waals surface area contributed by atoms with Crippen LogP contribution in [0.4, 0.5) is 5.13 Å². The molecule has 1 fully saturated rings. The minimum Gasteiger partial charge on any atom is -0.459 e. The van der Waals surface area contributed by atoms with Gasteiger partial charge in [0.15, 0.2) is 5.76 Å². The van der Waals surface area contributed by atoms with Crippen molar-refractivity contribution in [3.63, 3.8) is 0 Å². The number of sulfonamides is 1. The molecular weight excluding hydrogens is 328 g/mol. The number of carbonyl (C=O) groups excluding carboxylic acids is 1. The Morgan fingerprint density at radius 2 is 2.05 bits per heavy atom. The van der Waals surface area contributed by atoms with Crippen molar-refractivity contribution >= 4 is 32.4 Å². The fourth-order valence-corrected chi connectivity index (χ4v) is 4.70. The van der Waals surface area contributed by atoms with Gasteiger partial charge >= 0.3 is 0 Å². The molecule has 3 heterocycles. The Morgan fingerprint density at radius 1 is 1.27 bits per heavy atom. The molecule has 1 N–H and O–H groups in total. The summed E-state index contributed by atoms with van der Waals surface area (Å²) in [6.07, 6.45) is 4.11. The molecular formula is C12H14N4O4S2. The van der Waals surface area contributed by atoms with E-state index in [1.807, 2.05) is 0 Å². The van der Waals surface area contributed by atoms with Crippen molar-refractivity contribution in [1.82, 2.24) is 14.5 Å². The van der Waals surface area contributed by atoms with Crippen LogP contribution in [0.2, 0.25) is 0 Å². The summed E-state index contributed by atoms with van der Waals surface area (Å²) in [5.74, 6) is -0.376. The summed E-state index contributed by atoms with van der Waals surface area (Å²) in [6.45, 7) is 0.992. The summed E-state index contributed by atoms with van der Waals surface area (Å²) < 4.78 is 31.1. The summed E-state index contributed by atoms with van der Waals surface area (Å²) in [4.78, 5) is 11.8. The lowest BCUT2D eigenvalue weighted by atomic mass is 10.2. The quantitative estimate of drug-likeness (QED) is 0.845. The van der Waals surface area contributed by atoms with Crippen LogP contribution in [0.5, 0.6) is 0 Å². The molecule has 10 heteroatoms. The number of nitrogens with one attached hydrogen (secondary N) is 1. The Labute approximate surface area is 131 Å². The van der Waals surface area contributed by atoms with Crippen molar-refractivity contribution in [2.24, 2.45) is 0 Å². The molecule has 2 aromatic heterocycles. The van der Waals surface area contributed by atoms with Crippen LogP contribution in [0.1, 0.15) is 29.8 Å². The normalized spacial score (nSPS) is 16.5. The second kappa shape index (κ2) is 6.15. The molecule has 0 atom stereocenters. The van der Waals surface area contributed by atoms with E-state index in [0.29, 0.717) is 13.1 Å². The van der Waals surface area contributed by atoms with Gasteiger partial charge in [0.25, 0.3) is 15.9 Å². The van der Waals surface area contributed by atoms with Crippen LogP contribution < -0.4 is 5.32 Å². The Kier molecular flexibility index (Phi) is 4.23. The second-order valence-electron chi connectivity index (χ2n) is 4.77. The van der Waals surface area contributed by atoms with Crippen molar-refractivity contribution < 1.29 is 17.6 Å². The van der Waals surface area contributed by atoms with Gasteiger partial charge in [0.2, 0.25) is 9.47 Å². The summed E-state index contributed by atoms with van der Waals surface area (Å²) in [5, 5.41) is 10.00. The number of hydrogen-bond acceptors (Lipinski definition) is 7. The number of nitrogens with zero attached hydrogens (tertiary/aromatic N) is 3. The lowest BCUT2D eigenvalue weighted by molar-refractivity contribution is 0.0996. The number of piperidine rings is 1. The third-order valence-electron chi connectivity index (χ3n) is 3.25. The maximum atomic E-state index is 12.4. The number of hydrogen-bond donors (Lipinski definition) is 1. The van der Waals surface area contributed by atoms with Crippen LogP contribution >= 0.6 is 11.3 Å². The van der Waals surface area contributed by atoms with E-state index in [4.69, 9.17) is 4.42 Å². The van der Waals surface area contributed by atoms with Crippen molar-refractivity contribution in [2.75, 3.05) is 18.4 Å². The Morgan fingerprint density at radius 3 is 2.73 bits per heavy atom. The van der Waals surface area contributed by atoms with Gasteiger partial charge in [-0.3, -0.25) is 10.1 Å². The van der Waals surface area contributed by atoms with Crippen molar-refractivity contribution in [1.29, 1.82) is 0 Å². The molecule has 0 aliphatic carbocycles. The summed E-state index contributed by atoms with van der Waals surface area (Å²) in [7, 11) is -3.63. The third kappa shape index (κ3) is 3.03. The number of aromatic nitrogens is 2. The molecule has 0 saturated carbocycles. The zero-order valence-electron chi connectivity index (χ0n) is 11.6. The average Bonchev–Trinajstić information content (AvgIpc) is 3.19. The number of anilines is 1. The van der Waals surface area contributed by atoms with Crippen molar-refractivity contribution in [3.8, 4) is 0 Å². The van der Waals surface area contributed by atoms with Gasteiger partial charge in [-0.2, -0.15) is 4.31 Å². The topological polar surface area (TPSA) is 105 Å². The highest BCUT2D eigenvalue weighted by Gasteiger charge is 2.29. The van der Waals surface area contributed by atoms with Crippen LogP contribution in [-0.4, -0.2) is 41.9 Å². The smallest absolute Gasteiger partial charge is 0.293 e. The first-order valence-electron chi connectivity index (χ1n) is 6.76. The fourth-order valence-electron chi connectivity index (χ4n) is 2.15. The van der Waals surface area contributed by atoms with E-state index in [-0.39, 0.29) is 15.2 Å². The third-order valence-corrected chi connectivity index (χ3v) is 6.33. The van der Waals surface area contributed by atoms with Gasteiger partial charge in [0, 0.05) is 13.1 Å². The van der Waals surface area contributed by atoms with Gasteiger partial charge in [-0.25, -0.2) is 8.42 Å². The summed E-state index contributed by atoms with van der Waals surface area (Å²) >= 11 is 0.834. The fraction of sp³-hybridized carbons (Fsp3) is 0.417. The molecule has 1 saturated heterocycles. The van der Waals surface area contributed by atoms with Crippen molar-refractivity contribution in [3.05, 3.63) is 24.2 Å². The molecule has 1 amide bonds. The maximum Gasteiger partial charge on any atom is 0.293 e. The Balaban J connectivity index is 1.74. The second-order valence-corrected chi connectivity index (χ2v) is 7.86. The maximum absolute atomic E-state index is 12.4. The van der Waals surface area contributed by atoms with Gasteiger partial charge in [0.05, 0.1) is 6.26 Å². The minimum atomic E-state index is -3.63. The van der Waals surface area contributed by atoms with E-state index in [1.165, 1.54) is 16.6 Å². The van der Waals surface area contributed by atoms with Crippen molar-refractivity contribution in [2.45, 2.75) is 23.6 Å². The van der Waals surface area contributed by atoms with Gasteiger partial charge in [-0.15, -0.1) is 10.2 Å². The molecule has 0 bridgehead atoms. The first kappa shape index (κ1) is 15.1. The monoisotopic (exact) mass is 342 g/mol. The van der Waals surface area contributed by atoms with E-state index in [9.17, 15) is 13.2 Å². The zero-order chi connectivity index (χ0) is 15.6. The molecule has 22 heavy (non-hydrogen) atoms. The lowest BCUT2D eigenvalue weighted by Crippen LogP contribution is -2.35. The van der Waals surface area contributed by atoms with Crippen LogP contribution in [-0.2, 0) is 10.0 Å². The molecule has 0 spiro atoms. The Bertz CT molecular complexity index is 748. The van der Waals surface area contributed by atoms with E-state index in [2.05, 4.69) is 15.5 Å². The highest BCUT2D eigenvalue weighted by molar-refractivity contribution is 7.91. The first-order valence-corrected chi connectivity index (χ1v) is 9.01. The van der Waals surface area contributed by atoms with E-state index in [1.54, 1.807) is 6.07 Å². The molecule has 1 aliphatic rings. The minimum absolute atomic E-state index is 0.107. The molecule has 118 valence electrons. The standard InChI is InChI=1S/C12H14N4O4S2/c17-10(9-5-4-8-20-9)13-11-14-15-12(21-11)22(18,19)16-6-2-1-3-7-16/h4-5,8H,1-3,6-7H2,(H,13,14,17). The number of carbonyl (C=O) groups is 1. The molecule has 8 nitrogen and oxygen atoms in total. The molecule has 2 aromatic rings. The number of rotatable bonds is 4. The molecule has 0 unspecified atom stereocenters. The first-order chi connectivity index (χ1) is 10.6. The predicted octanol–water partition coefficient (Wildman–Crippen LogP) is 1.56. The SMILES string of the molecule is O=C(Nc1nnc(S(=O)(=O)N2CCCCC2)s1)c1ccco1. The largest absolute Gasteiger partial charge is 0.459 e. The molecule has 1 aliphatic heterocycles. The lowest BCUT2D eigenvalue weighted by Gasteiger charge is -2.24. The van der Waals surface area contributed by atoms with E-state index in [0.717, 1.165) is 30.6 Å².